The third-order valence-electron chi connectivity index (χ3n) is 1.84. The van der Waals surface area contributed by atoms with Gasteiger partial charge in [-0.15, -0.1) is 0 Å². The molecule has 2 N–H and O–H groups in total. The molecule has 0 atom stereocenters. The number of hydrogen-bond donors (Lipinski definition) is 2. The van der Waals surface area contributed by atoms with Gasteiger partial charge in [0, 0.05) is 11.9 Å². The van der Waals surface area contributed by atoms with Gasteiger partial charge in [-0.3, -0.25) is 0 Å². The number of aliphatic hydroxyl groups is 1. The number of benzene rings is 1. The van der Waals surface area contributed by atoms with E-state index >= 15 is 0 Å². The average Bonchev–Trinajstić information content (AvgIpc) is 2.39. The van der Waals surface area contributed by atoms with Crippen LogP contribution in [0, 0.1) is 22.7 Å². The van der Waals surface area contributed by atoms with Crippen LogP contribution in [0.25, 0.3) is 0 Å². The van der Waals surface area contributed by atoms with Gasteiger partial charge in [0.2, 0.25) is 0 Å². The van der Waals surface area contributed by atoms with Gasteiger partial charge in [-0.25, -0.2) is 0 Å². The van der Waals surface area contributed by atoms with Crippen molar-refractivity contribution in [2.24, 2.45) is 0 Å². The summed E-state index contributed by atoms with van der Waals surface area (Å²) < 4.78 is 5.18. The molecule has 0 fully saturated rings. The van der Waals surface area contributed by atoms with Gasteiger partial charge in [0.15, 0.2) is 0 Å². The lowest BCUT2D eigenvalue weighted by molar-refractivity contribution is 0.201. The van der Waals surface area contributed by atoms with Crippen LogP contribution in [-0.2, 0) is 0 Å². The smallest absolute Gasteiger partial charge is 0.145 e. The second-order valence-electron chi connectivity index (χ2n) is 3.02. The Hall–Kier alpha value is -2.50. The van der Waals surface area contributed by atoms with Crippen molar-refractivity contribution in [3.8, 4) is 17.9 Å². The molecule has 1 rings (SSSR count). The van der Waals surface area contributed by atoms with E-state index in [1.54, 1.807) is 36.4 Å². The van der Waals surface area contributed by atoms with E-state index in [0.29, 0.717) is 5.75 Å². The molecule has 5 heteroatoms. The van der Waals surface area contributed by atoms with Crippen molar-refractivity contribution in [1.82, 2.24) is 0 Å². The number of hydrogen-bond acceptors (Lipinski definition) is 5. The van der Waals surface area contributed by atoms with Crippen LogP contribution < -0.4 is 10.1 Å². The molecule has 0 saturated carbocycles. The van der Waals surface area contributed by atoms with Crippen molar-refractivity contribution in [3.05, 3.63) is 36.0 Å². The standard InChI is InChI=1S/C12H11N3O2/c13-7-10(8-14)9-15-11-1-3-12(4-2-11)17-6-5-16/h1-4,9,15-16H,5-6H2. The average molecular weight is 229 g/mol. The van der Waals surface area contributed by atoms with Gasteiger partial charge in [-0.1, -0.05) is 0 Å². The molecule has 1 aromatic carbocycles. The maximum Gasteiger partial charge on any atom is 0.145 e. The van der Waals surface area contributed by atoms with Crippen molar-refractivity contribution in [3.63, 3.8) is 0 Å². The van der Waals surface area contributed by atoms with E-state index in [4.69, 9.17) is 20.4 Å². The maximum absolute atomic E-state index is 8.58. The summed E-state index contributed by atoms with van der Waals surface area (Å²) in [4.78, 5) is 0. The number of nitrogens with zero attached hydrogens (tertiary/aromatic N) is 2. The van der Waals surface area contributed by atoms with Crippen molar-refractivity contribution in [1.29, 1.82) is 10.5 Å². The summed E-state index contributed by atoms with van der Waals surface area (Å²) in [7, 11) is 0. The van der Waals surface area contributed by atoms with Gasteiger partial charge >= 0.3 is 0 Å². The van der Waals surface area contributed by atoms with E-state index in [0.717, 1.165) is 5.69 Å². The Balaban J connectivity index is 2.61. The highest BCUT2D eigenvalue weighted by molar-refractivity contribution is 5.51. The molecule has 0 spiro atoms. The van der Waals surface area contributed by atoms with Crippen LogP contribution in [0.1, 0.15) is 0 Å². The van der Waals surface area contributed by atoms with Crippen LogP contribution in [-0.4, -0.2) is 18.3 Å². The Morgan fingerprint density at radius 2 is 1.94 bits per heavy atom. The van der Waals surface area contributed by atoms with Crippen molar-refractivity contribution in [2.45, 2.75) is 0 Å². The third kappa shape index (κ3) is 4.25. The van der Waals surface area contributed by atoms with Crippen LogP contribution in [0.15, 0.2) is 36.0 Å². The van der Waals surface area contributed by atoms with E-state index in [9.17, 15) is 0 Å². The van der Waals surface area contributed by atoms with E-state index in [2.05, 4.69) is 5.32 Å². The van der Waals surface area contributed by atoms with Gasteiger partial charge in [-0.05, 0) is 24.3 Å². The van der Waals surface area contributed by atoms with Crippen molar-refractivity contribution in [2.75, 3.05) is 18.5 Å². The van der Waals surface area contributed by atoms with Crippen LogP contribution in [0.4, 0.5) is 5.69 Å². The van der Waals surface area contributed by atoms with Gasteiger partial charge in [0.05, 0.1) is 6.61 Å². The molecule has 0 aliphatic rings. The van der Waals surface area contributed by atoms with Gasteiger partial charge in [0.25, 0.3) is 0 Å². The predicted molar refractivity (Wildman–Crippen MR) is 62.0 cm³/mol. The van der Waals surface area contributed by atoms with Gasteiger partial charge in [0.1, 0.15) is 30.1 Å². The number of allylic oxidation sites excluding steroid dienone is 1. The molecule has 5 nitrogen and oxygen atoms in total. The molecule has 0 heterocycles. The monoisotopic (exact) mass is 229 g/mol. The number of ether oxygens (including phenoxy) is 1. The Bertz CT molecular complexity index is 450. The molecule has 0 aromatic heterocycles. The Labute approximate surface area is 99.2 Å². The largest absolute Gasteiger partial charge is 0.491 e. The highest BCUT2D eigenvalue weighted by Gasteiger charge is 1.95. The Morgan fingerprint density at radius 3 is 2.47 bits per heavy atom. The summed E-state index contributed by atoms with van der Waals surface area (Å²) >= 11 is 0. The number of nitrogens with one attached hydrogen (secondary N) is 1. The molecule has 86 valence electrons. The predicted octanol–water partition coefficient (Wildman–Crippen LogP) is 1.40. The first-order chi connectivity index (χ1) is 8.30. The van der Waals surface area contributed by atoms with E-state index in [1.165, 1.54) is 6.20 Å². The fourth-order valence-corrected chi connectivity index (χ4v) is 1.06. The molecule has 0 unspecified atom stereocenters. The first kappa shape index (κ1) is 12.6. The first-order valence-electron chi connectivity index (χ1n) is 4.90. The minimum atomic E-state index is -0.0313. The van der Waals surface area contributed by atoms with Crippen LogP contribution >= 0.6 is 0 Å². The molecule has 0 aliphatic heterocycles. The molecule has 1 aromatic rings. The van der Waals surface area contributed by atoms with Gasteiger partial charge in [-0.2, -0.15) is 10.5 Å². The number of anilines is 1. The first-order valence-corrected chi connectivity index (χ1v) is 4.90. The van der Waals surface area contributed by atoms with E-state index in [1.807, 2.05) is 0 Å². The van der Waals surface area contributed by atoms with E-state index in [-0.39, 0.29) is 18.8 Å². The lowest BCUT2D eigenvalue weighted by Gasteiger charge is -2.05. The maximum atomic E-state index is 8.58. The topological polar surface area (TPSA) is 89.1 Å². The van der Waals surface area contributed by atoms with E-state index < -0.39 is 0 Å². The van der Waals surface area contributed by atoms with Crippen LogP contribution in [0.3, 0.4) is 0 Å². The van der Waals surface area contributed by atoms with Gasteiger partial charge < -0.3 is 15.2 Å². The summed E-state index contributed by atoms with van der Waals surface area (Å²) in [6, 6.07) is 10.4. The SMILES string of the molecule is N#CC(C#N)=CNc1ccc(OCCO)cc1. The zero-order valence-corrected chi connectivity index (χ0v) is 9.05. The highest BCUT2D eigenvalue weighted by Crippen LogP contribution is 2.15. The minimum absolute atomic E-state index is 0.00519. The molecule has 0 aliphatic carbocycles. The van der Waals surface area contributed by atoms with Crippen LogP contribution in [0.5, 0.6) is 5.75 Å². The fourth-order valence-electron chi connectivity index (χ4n) is 1.06. The van der Waals surface area contributed by atoms with Crippen LogP contribution in [0.2, 0.25) is 0 Å². The number of nitriles is 2. The van der Waals surface area contributed by atoms with Crippen molar-refractivity contribution < 1.29 is 9.84 Å². The van der Waals surface area contributed by atoms with Crippen molar-refractivity contribution >= 4 is 5.69 Å². The Kier molecular flexibility index (Phi) is 5.09. The lowest BCUT2D eigenvalue weighted by atomic mass is 10.3. The fraction of sp³-hybridized carbons (Fsp3) is 0.167. The summed E-state index contributed by atoms with van der Waals surface area (Å²) in [5, 5.41) is 28.4. The Morgan fingerprint density at radius 1 is 1.29 bits per heavy atom. The summed E-state index contributed by atoms with van der Waals surface area (Å²) in [5.74, 6) is 0.648. The number of rotatable bonds is 5. The molecular formula is C12H11N3O2. The minimum Gasteiger partial charge on any atom is -0.491 e. The third-order valence-corrected chi connectivity index (χ3v) is 1.84. The normalized spacial score (nSPS) is 8.65. The molecule has 0 radical (unpaired) electrons. The zero-order chi connectivity index (χ0) is 12.5. The second kappa shape index (κ2) is 6.89. The summed E-state index contributed by atoms with van der Waals surface area (Å²) in [6.45, 7) is 0.218. The summed E-state index contributed by atoms with van der Waals surface area (Å²) in [6.07, 6.45) is 1.34. The second-order valence-corrected chi connectivity index (χ2v) is 3.02. The molecule has 0 saturated heterocycles. The lowest BCUT2D eigenvalue weighted by Crippen LogP contribution is -2.01. The molecule has 0 amide bonds. The molecular weight excluding hydrogens is 218 g/mol. The number of aliphatic hydroxyl groups excluding tert-OH is 1. The quantitative estimate of drug-likeness (QED) is 0.745. The highest BCUT2D eigenvalue weighted by atomic mass is 16.5. The summed E-state index contributed by atoms with van der Waals surface area (Å²) in [5.41, 5.74) is 0.745. The molecule has 0 bridgehead atoms. The zero-order valence-electron chi connectivity index (χ0n) is 9.05. The molecule has 17 heavy (non-hydrogen) atoms.